The molecule has 1 N–H and O–H groups in total. The van der Waals surface area contributed by atoms with Gasteiger partial charge in [-0.3, -0.25) is 4.79 Å². The van der Waals surface area contributed by atoms with E-state index in [1.54, 1.807) is 6.92 Å². The number of amides is 1. The fourth-order valence-electron chi connectivity index (χ4n) is 1.14. The van der Waals surface area contributed by atoms with E-state index in [0.29, 0.717) is 12.0 Å². The van der Waals surface area contributed by atoms with Crippen LogP contribution < -0.4 is 5.32 Å². The van der Waals surface area contributed by atoms with Crippen molar-refractivity contribution in [2.45, 2.75) is 26.1 Å². The Morgan fingerprint density at radius 1 is 1.25 bits per heavy atom. The fraction of sp³-hybridized carbons (Fsp3) is 0.364. The largest absolute Gasteiger partial charge is 0.416 e. The zero-order valence-electron chi connectivity index (χ0n) is 8.77. The first-order valence-corrected chi connectivity index (χ1v) is 4.86. The molecule has 16 heavy (non-hydrogen) atoms. The molecule has 0 saturated heterocycles. The maximum absolute atomic E-state index is 12.2. The molecule has 0 heterocycles. The minimum absolute atomic E-state index is 0.125. The molecule has 0 radical (unpaired) electrons. The Balaban J connectivity index is 2.62. The maximum atomic E-state index is 12.2. The average Bonchev–Trinajstić information content (AvgIpc) is 2.25. The first kappa shape index (κ1) is 12.5. The van der Waals surface area contributed by atoms with Gasteiger partial charge in [0.25, 0.3) is 0 Å². The van der Waals surface area contributed by atoms with Crippen molar-refractivity contribution in [3.8, 4) is 0 Å². The van der Waals surface area contributed by atoms with Crippen LogP contribution in [0.3, 0.4) is 0 Å². The number of nitrogens with one attached hydrogen (secondary N) is 1. The van der Waals surface area contributed by atoms with E-state index in [4.69, 9.17) is 0 Å². The van der Waals surface area contributed by atoms with Crippen LogP contribution in [0.25, 0.3) is 0 Å². The second kappa shape index (κ2) is 5.01. The van der Waals surface area contributed by atoms with Crippen LogP contribution in [0.15, 0.2) is 24.3 Å². The molecular formula is C11H12F3NO. The van der Waals surface area contributed by atoms with Crippen LogP contribution in [-0.2, 0) is 17.5 Å². The maximum Gasteiger partial charge on any atom is 0.416 e. The quantitative estimate of drug-likeness (QED) is 0.851. The molecule has 2 nitrogen and oxygen atoms in total. The summed E-state index contributed by atoms with van der Waals surface area (Å²) in [5.74, 6) is -0.125. The number of halogens is 3. The Labute approximate surface area is 91.5 Å². The van der Waals surface area contributed by atoms with E-state index >= 15 is 0 Å². The Bertz CT molecular complexity index is 356. The highest BCUT2D eigenvalue weighted by Gasteiger charge is 2.29. The Kier molecular flexibility index (Phi) is 3.93. The molecule has 0 aliphatic rings. The summed E-state index contributed by atoms with van der Waals surface area (Å²) in [6.45, 7) is 1.97. The first-order valence-electron chi connectivity index (χ1n) is 4.86. The number of benzene rings is 1. The van der Waals surface area contributed by atoms with Crippen molar-refractivity contribution < 1.29 is 18.0 Å². The van der Waals surface area contributed by atoms with Crippen molar-refractivity contribution in [2.24, 2.45) is 0 Å². The molecule has 1 amide bonds. The SMILES string of the molecule is CCC(=O)NCc1ccc(C(F)(F)F)cc1. The summed E-state index contributed by atoms with van der Waals surface area (Å²) in [7, 11) is 0. The van der Waals surface area contributed by atoms with Gasteiger partial charge >= 0.3 is 6.18 Å². The highest BCUT2D eigenvalue weighted by molar-refractivity contribution is 5.75. The van der Waals surface area contributed by atoms with Gasteiger partial charge in [0.15, 0.2) is 0 Å². The van der Waals surface area contributed by atoms with E-state index in [2.05, 4.69) is 5.32 Å². The third-order valence-corrected chi connectivity index (χ3v) is 2.09. The molecule has 88 valence electrons. The predicted octanol–water partition coefficient (Wildman–Crippen LogP) is 2.73. The summed E-state index contributed by atoms with van der Waals surface area (Å²) >= 11 is 0. The Morgan fingerprint density at radius 3 is 2.25 bits per heavy atom. The molecule has 0 aliphatic heterocycles. The van der Waals surface area contributed by atoms with Crippen molar-refractivity contribution in [2.75, 3.05) is 0 Å². The summed E-state index contributed by atoms with van der Waals surface area (Å²) in [5.41, 5.74) is -0.0344. The van der Waals surface area contributed by atoms with Crippen molar-refractivity contribution in [1.82, 2.24) is 5.32 Å². The fourth-order valence-corrected chi connectivity index (χ4v) is 1.14. The van der Waals surface area contributed by atoms with E-state index in [9.17, 15) is 18.0 Å². The van der Waals surface area contributed by atoms with Gasteiger partial charge in [0.2, 0.25) is 5.91 Å². The molecule has 0 bridgehead atoms. The molecule has 0 aliphatic carbocycles. The van der Waals surface area contributed by atoms with Gasteiger partial charge in [-0.15, -0.1) is 0 Å². The van der Waals surface area contributed by atoms with Crippen LogP contribution in [-0.4, -0.2) is 5.91 Å². The van der Waals surface area contributed by atoms with Crippen molar-refractivity contribution in [3.05, 3.63) is 35.4 Å². The molecular weight excluding hydrogens is 219 g/mol. The number of hydrogen-bond acceptors (Lipinski definition) is 1. The molecule has 0 fully saturated rings. The molecule has 1 aromatic rings. The van der Waals surface area contributed by atoms with Gasteiger partial charge in [-0.1, -0.05) is 19.1 Å². The van der Waals surface area contributed by atoms with Crippen LogP contribution in [0.1, 0.15) is 24.5 Å². The zero-order valence-corrected chi connectivity index (χ0v) is 8.77. The van der Waals surface area contributed by atoms with E-state index in [1.165, 1.54) is 12.1 Å². The van der Waals surface area contributed by atoms with E-state index < -0.39 is 11.7 Å². The lowest BCUT2D eigenvalue weighted by atomic mass is 10.1. The average molecular weight is 231 g/mol. The van der Waals surface area contributed by atoms with Crippen LogP contribution in [0.5, 0.6) is 0 Å². The van der Waals surface area contributed by atoms with Crippen LogP contribution in [0.2, 0.25) is 0 Å². The van der Waals surface area contributed by atoms with Crippen molar-refractivity contribution >= 4 is 5.91 Å². The highest BCUT2D eigenvalue weighted by Crippen LogP contribution is 2.28. The lowest BCUT2D eigenvalue weighted by Gasteiger charge is -2.08. The lowest BCUT2D eigenvalue weighted by molar-refractivity contribution is -0.137. The smallest absolute Gasteiger partial charge is 0.352 e. The summed E-state index contributed by atoms with van der Waals surface area (Å²) in [6, 6.07) is 4.73. The van der Waals surface area contributed by atoms with Crippen molar-refractivity contribution in [3.63, 3.8) is 0 Å². The highest BCUT2D eigenvalue weighted by atomic mass is 19.4. The number of hydrogen-bond donors (Lipinski definition) is 1. The number of carbonyl (C=O) groups is 1. The van der Waals surface area contributed by atoms with Gasteiger partial charge in [-0.25, -0.2) is 0 Å². The van der Waals surface area contributed by atoms with Crippen LogP contribution in [0, 0.1) is 0 Å². The van der Waals surface area contributed by atoms with E-state index in [1.807, 2.05) is 0 Å². The summed E-state index contributed by atoms with van der Waals surface area (Å²) in [4.78, 5) is 10.9. The minimum Gasteiger partial charge on any atom is -0.352 e. The normalized spacial score (nSPS) is 11.2. The molecule has 5 heteroatoms. The minimum atomic E-state index is -4.31. The second-order valence-corrected chi connectivity index (χ2v) is 3.32. The lowest BCUT2D eigenvalue weighted by Crippen LogP contribution is -2.21. The van der Waals surface area contributed by atoms with Gasteiger partial charge in [-0.2, -0.15) is 13.2 Å². The molecule has 0 spiro atoms. The topological polar surface area (TPSA) is 29.1 Å². The number of rotatable bonds is 3. The first-order chi connectivity index (χ1) is 7.43. The summed E-state index contributed by atoms with van der Waals surface area (Å²) < 4.78 is 36.7. The molecule has 0 saturated carbocycles. The molecule has 0 atom stereocenters. The third kappa shape index (κ3) is 3.56. The Morgan fingerprint density at radius 2 is 1.81 bits per heavy atom. The van der Waals surface area contributed by atoms with Crippen LogP contribution in [0.4, 0.5) is 13.2 Å². The van der Waals surface area contributed by atoms with Gasteiger partial charge < -0.3 is 5.32 Å². The van der Waals surface area contributed by atoms with Gasteiger partial charge in [0.05, 0.1) is 5.56 Å². The van der Waals surface area contributed by atoms with E-state index in [-0.39, 0.29) is 12.5 Å². The second-order valence-electron chi connectivity index (χ2n) is 3.32. The molecule has 1 aromatic carbocycles. The Hall–Kier alpha value is -1.52. The van der Waals surface area contributed by atoms with Gasteiger partial charge in [-0.05, 0) is 17.7 Å². The molecule has 0 aromatic heterocycles. The predicted molar refractivity (Wildman–Crippen MR) is 53.6 cm³/mol. The summed E-state index contributed by atoms with van der Waals surface area (Å²) in [5, 5.41) is 2.59. The summed E-state index contributed by atoms with van der Waals surface area (Å²) in [6.07, 6.45) is -3.95. The van der Waals surface area contributed by atoms with Gasteiger partial charge in [0, 0.05) is 13.0 Å². The van der Waals surface area contributed by atoms with E-state index in [0.717, 1.165) is 12.1 Å². The monoisotopic (exact) mass is 231 g/mol. The van der Waals surface area contributed by atoms with Gasteiger partial charge in [0.1, 0.15) is 0 Å². The third-order valence-electron chi connectivity index (χ3n) is 2.09. The van der Waals surface area contributed by atoms with Crippen molar-refractivity contribution in [1.29, 1.82) is 0 Å². The number of carbonyl (C=O) groups excluding carboxylic acids is 1. The number of alkyl halides is 3. The van der Waals surface area contributed by atoms with Crippen LogP contribution >= 0.6 is 0 Å². The molecule has 0 unspecified atom stereocenters. The zero-order chi connectivity index (χ0) is 12.2. The standard InChI is InChI=1S/C11H12F3NO/c1-2-10(16)15-7-8-3-5-9(6-4-8)11(12,13)14/h3-6H,2,7H2,1H3,(H,15,16). The molecule has 1 rings (SSSR count).